The molecule has 0 aliphatic heterocycles. The molecule has 0 fully saturated rings. The van der Waals surface area contributed by atoms with Crippen LogP contribution in [0.1, 0.15) is 21.5 Å². The van der Waals surface area contributed by atoms with Gasteiger partial charge in [-0.2, -0.15) is 8.78 Å². The van der Waals surface area contributed by atoms with Gasteiger partial charge in [0.15, 0.2) is 23.2 Å². The number of allylic oxidation sites excluding steroid dienone is 1. The van der Waals surface area contributed by atoms with E-state index in [0.29, 0.717) is 28.4 Å². The number of rotatable bonds is 9. The summed E-state index contributed by atoms with van der Waals surface area (Å²) in [6.07, 6.45) is 2.82. The van der Waals surface area contributed by atoms with Gasteiger partial charge in [0.2, 0.25) is 11.6 Å². The van der Waals surface area contributed by atoms with Crippen LogP contribution < -0.4 is 18.9 Å². The lowest BCUT2D eigenvalue weighted by Crippen LogP contribution is -2.05. The number of halogens is 4. The Morgan fingerprint density at radius 3 is 2.09 bits per heavy atom. The normalized spacial score (nSPS) is 10.9. The minimum atomic E-state index is -1.65. The molecule has 3 aromatic carbocycles. The van der Waals surface area contributed by atoms with E-state index in [-0.39, 0.29) is 17.4 Å². The standard InChI is InChI=1S/C25H20F4O5/c1-31-16-6-9-22(33-3)17(11-16)20(30)7-4-14-5-8-21(32-2)15(10-14)13-34-25-23(28)18(26)12-19(27)24(25)29/h4-12H,13H2,1-3H3/b7-4+. The largest absolute Gasteiger partial charge is 0.497 e. The van der Waals surface area contributed by atoms with E-state index in [9.17, 15) is 22.4 Å². The zero-order valence-corrected chi connectivity index (χ0v) is 18.5. The first kappa shape index (κ1) is 24.6. The lowest BCUT2D eigenvalue weighted by atomic mass is 10.1. The van der Waals surface area contributed by atoms with Crippen molar-refractivity contribution in [3.05, 3.63) is 88.5 Å². The molecule has 3 rings (SSSR count). The molecule has 0 aliphatic carbocycles. The molecule has 34 heavy (non-hydrogen) atoms. The third kappa shape index (κ3) is 5.31. The number of benzene rings is 3. The second-order valence-electron chi connectivity index (χ2n) is 6.92. The molecule has 0 bridgehead atoms. The van der Waals surface area contributed by atoms with Crippen LogP contribution in [0, 0.1) is 23.3 Å². The highest BCUT2D eigenvalue weighted by atomic mass is 19.2. The first-order valence-corrected chi connectivity index (χ1v) is 9.86. The molecule has 9 heteroatoms. The minimum absolute atomic E-state index is 0.0951. The predicted molar refractivity (Wildman–Crippen MR) is 117 cm³/mol. The molecule has 0 radical (unpaired) electrons. The fraction of sp³-hybridized carbons (Fsp3) is 0.160. The van der Waals surface area contributed by atoms with Gasteiger partial charge in [-0.15, -0.1) is 0 Å². The SMILES string of the molecule is COc1ccc(OC)c(C(=O)/C=C/c2ccc(OC)c(COc3c(F)c(F)cc(F)c3F)c2)c1. The Bertz CT molecular complexity index is 1210. The molecular weight excluding hydrogens is 456 g/mol. The second-order valence-corrected chi connectivity index (χ2v) is 6.92. The zero-order chi connectivity index (χ0) is 24.8. The summed E-state index contributed by atoms with van der Waals surface area (Å²) < 4.78 is 75.2. The molecule has 0 aromatic heterocycles. The van der Waals surface area contributed by atoms with Crippen molar-refractivity contribution in [2.75, 3.05) is 21.3 Å². The van der Waals surface area contributed by atoms with Crippen molar-refractivity contribution >= 4 is 11.9 Å². The molecule has 0 aliphatic rings. The number of hydrogen-bond donors (Lipinski definition) is 0. The monoisotopic (exact) mass is 476 g/mol. The van der Waals surface area contributed by atoms with E-state index in [2.05, 4.69) is 0 Å². The third-order valence-corrected chi connectivity index (χ3v) is 4.85. The van der Waals surface area contributed by atoms with Crippen molar-refractivity contribution in [3.63, 3.8) is 0 Å². The maximum absolute atomic E-state index is 13.9. The van der Waals surface area contributed by atoms with E-state index in [4.69, 9.17) is 18.9 Å². The smallest absolute Gasteiger partial charge is 0.203 e. The van der Waals surface area contributed by atoms with Crippen molar-refractivity contribution in [3.8, 4) is 23.0 Å². The Kier molecular flexibility index (Phi) is 7.78. The molecule has 0 saturated carbocycles. The number of methoxy groups -OCH3 is 3. The van der Waals surface area contributed by atoms with Gasteiger partial charge >= 0.3 is 0 Å². The molecule has 3 aromatic rings. The Labute approximate surface area is 193 Å². The Morgan fingerprint density at radius 1 is 0.824 bits per heavy atom. The lowest BCUT2D eigenvalue weighted by Gasteiger charge is -2.13. The predicted octanol–water partition coefficient (Wildman–Crippen LogP) is 5.74. The number of carbonyl (C=O) groups is 1. The van der Waals surface area contributed by atoms with E-state index in [1.54, 1.807) is 30.3 Å². The van der Waals surface area contributed by atoms with Gasteiger partial charge in [-0.1, -0.05) is 12.1 Å². The molecule has 0 atom stereocenters. The summed E-state index contributed by atoms with van der Waals surface area (Å²) in [5.74, 6) is -6.84. The summed E-state index contributed by atoms with van der Waals surface area (Å²) in [7, 11) is 4.28. The quantitative estimate of drug-likeness (QED) is 0.171. The van der Waals surface area contributed by atoms with Crippen LogP contribution in [0.5, 0.6) is 23.0 Å². The fourth-order valence-corrected chi connectivity index (χ4v) is 3.11. The van der Waals surface area contributed by atoms with Crippen LogP contribution in [0.2, 0.25) is 0 Å². The van der Waals surface area contributed by atoms with Crippen LogP contribution in [-0.4, -0.2) is 27.1 Å². The minimum Gasteiger partial charge on any atom is -0.497 e. The van der Waals surface area contributed by atoms with E-state index in [1.807, 2.05) is 0 Å². The summed E-state index contributed by atoms with van der Waals surface area (Å²) in [6.45, 7) is -0.459. The number of ketones is 1. The van der Waals surface area contributed by atoms with E-state index in [1.165, 1.54) is 39.5 Å². The molecule has 0 N–H and O–H groups in total. The summed E-state index contributed by atoms with van der Waals surface area (Å²) >= 11 is 0. The van der Waals surface area contributed by atoms with Crippen LogP contribution in [0.3, 0.4) is 0 Å². The maximum Gasteiger partial charge on any atom is 0.203 e. The topological polar surface area (TPSA) is 54.0 Å². The zero-order valence-electron chi connectivity index (χ0n) is 18.5. The van der Waals surface area contributed by atoms with E-state index < -0.39 is 35.6 Å². The van der Waals surface area contributed by atoms with Crippen LogP contribution in [0.25, 0.3) is 6.08 Å². The number of carbonyl (C=O) groups excluding carboxylic acids is 1. The number of hydrogen-bond acceptors (Lipinski definition) is 5. The third-order valence-electron chi connectivity index (χ3n) is 4.85. The van der Waals surface area contributed by atoms with Crippen LogP contribution >= 0.6 is 0 Å². The number of ether oxygens (including phenoxy) is 4. The lowest BCUT2D eigenvalue weighted by molar-refractivity contribution is 0.104. The molecule has 0 spiro atoms. The van der Waals surface area contributed by atoms with Crippen LogP contribution in [0.4, 0.5) is 17.6 Å². The Morgan fingerprint density at radius 2 is 1.47 bits per heavy atom. The highest BCUT2D eigenvalue weighted by Crippen LogP contribution is 2.29. The fourth-order valence-electron chi connectivity index (χ4n) is 3.11. The molecule has 0 heterocycles. The second kappa shape index (κ2) is 10.7. The van der Waals surface area contributed by atoms with E-state index >= 15 is 0 Å². The van der Waals surface area contributed by atoms with Gasteiger partial charge in [0.1, 0.15) is 23.9 Å². The average Bonchev–Trinajstić information content (AvgIpc) is 2.85. The maximum atomic E-state index is 13.9. The van der Waals surface area contributed by atoms with Gasteiger partial charge in [0, 0.05) is 11.6 Å². The molecule has 0 amide bonds. The van der Waals surface area contributed by atoms with Gasteiger partial charge in [0.25, 0.3) is 0 Å². The van der Waals surface area contributed by atoms with Crippen molar-refractivity contribution in [1.29, 1.82) is 0 Å². The van der Waals surface area contributed by atoms with Crippen molar-refractivity contribution in [2.45, 2.75) is 6.61 Å². The van der Waals surface area contributed by atoms with Crippen molar-refractivity contribution < 1.29 is 41.3 Å². The van der Waals surface area contributed by atoms with Gasteiger partial charge in [-0.25, -0.2) is 8.78 Å². The van der Waals surface area contributed by atoms with Crippen LogP contribution in [-0.2, 0) is 6.61 Å². The summed E-state index contributed by atoms with van der Waals surface area (Å²) in [5, 5.41) is 0. The first-order valence-electron chi connectivity index (χ1n) is 9.86. The van der Waals surface area contributed by atoms with Crippen LogP contribution in [0.15, 0.2) is 48.5 Å². The first-order chi connectivity index (χ1) is 16.3. The van der Waals surface area contributed by atoms with Crippen molar-refractivity contribution in [1.82, 2.24) is 0 Å². The molecule has 0 unspecified atom stereocenters. The van der Waals surface area contributed by atoms with Gasteiger partial charge in [-0.3, -0.25) is 4.79 Å². The summed E-state index contributed by atoms with van der Waals surface area (Å²) in [5.41, 5.74) is 1.13. The molecule has 0 saturated heterocycles. The molecular formula is C25H20F4O5. The summed E-state index contributed by atoms with van der Waals surface area (Å²) in [6, 6.07) is 9.63. The Hall–Kier alpha value is -4.01. The highest BCUT2D eigenvalue weighted by Gasteiger charge is 2.21. The van der Waals surface area contributed by atoms with Gasteiger partial charge in [-0.05, 0) is 42.0 Å². The highest BCUT2D eigenvalue weighted by molar-refractivity contribution is 6.08. The van der Waals surface area contributed by atoms with Gasteiger partial charge in [0.05, 0.1) is 26.9 Å². The van der Waals surface area contributed by atoms with Crippen molar-refractivity contribution in [2.24, 2.45) is 0 Å². The van der Waals surface area contributed by atoms with E-state index in [0.717, 1.165) is 0 Å². The molecule has 178 valence electrons. The summed E-state index contributed by atoms with van der Waals surface area (Å²) in [4.78, 5) is 12.7. The average molecular weight is 476 g/mol. The van der Waals surface area contributed by atoms with Gasteiger partial charge < -0.3 is 18.9 Å². The molecule has 5 nitrogen and oxygen atoms in total. The Balaban J connectivity index is 1.85.